The number of benzene rings is 1. The summed E-state index contributed by atoms with van der Waals surface area (Å²) in [5.74, 6) is -2.56. The molecule has 0 bridgehead atoms. The maximum absolute atomic E-state index is 11.6. The van der Waals surface area contributed by atoms with E-state index in [2.05, 4.69) is 5.32 Å². The number of hydrogen-bond acceptors (Lipinski definition) is 3. The highest BCUT2D eigenvalue weighted by atomic mass is 16.4. The summed E-state index contributed by atoms with van der Waals surface area (Å²) in [7, 11) is 0. The molecule has 0 fully saturated rings. The van der Waals surface area contributed by atoms with Gasteiger partial charge in [0.15, 0.2) is 0 Å². The van der Waals surface area contributed by atoms with Crippen molar-refractivity contribution in [3.8, 4) is 0 Å². The van der Waals surface area contributed by atoms with Crippen molar-refractivity contribution in [3.05, 3.63) is 24.3 Å². The van der Waals surface area contributed by atoms with Crippen LogP contribution in [0.5, 0.6) is 0 Å². The fraction of sp³-hybridized carbons (Fsp3) is 0.182. The summed E-state index contributed by atoms with van der Waals surface area (Å²) in [4.78, 5) is 35.1. The number of fused-ring (bicyclic) bond motifs is 1. The van der Waals surface area contributed by atoms with Gasteiger partial charge in [0.2, 0.25) is 11.9 Å². The fourth-order valence-electron chi connectivity index (χ4n) is 1.82. The Kier molecular flexibility index (Phi) is 2.55. The van der Waals surface area contributed by atoms with Crippen molar-refractivity contribution >= 4 is 29.2 Å². The van der Waals surface area contributed by atoms with E-state index in [4.69, 9.17) is 5.11 Å². The van der Waals surface area contributed by atoms with Crippen LogP contribution < -0.4 is 10.2 Å². The summed E-state index contributed by atoms with van der Waals surface area (Å²) in [6, 6.07) is 5.05. The molecule has 0 aromatic heterocycles. The molecule has 88 valence electrons. The molecule has 17 heavy (non-hydrogen) atoms. The van der Waals surface area contributed by atoms with Crippen molar-refractivity contribution in [2.75, 3.05) is 10.2 Å². The molecule has 1 unspecified atom stereocenters. The number of hydrogen-bond donors (Lipinski definition) is 2. The van der Waals surface area contributed by atoms with Gasteiger partial charge in [-0.15, -0.1) is 0 Å². The van der Waals surface area contributed by atoms with Gasteiger partial charge in [-0.1, -0.05) is 12.1 Å². The standard InChI is InChI=1S/C11H10N2O4/c1-6(14)13-8-5-3-2-4-7(8)12-10(15)9(13)11(16)17/h2-5,9H,1H3,(H,12,15)(H,16,17). The molecule has 1 aromatic carbocycles. The van der Waals surface area contributed by atoms with Crippen molar-refractivity contribution in [2.24, 2.45) is 0 Å². The zero-order valence-corrected chi connectivity index (χ0v) is 9.01. The van der Waals surface area contributed by atoms with Gasteiger partial charge in [0.05, 0.1) is 11.4 Å². The van der Waals surface area contributed by atoms with Gasteiger partial charge in [0, 0.05) is 6.92 Å². The third-order valence-corrected chi connectivity index (χ3v) is 2.50. The highest BCUT2D eigenvalue weighted by Crippen LogP contribution is 2.31. The number of carbonyl (C=O) groups is 3. The Balaban J connectivity index is 2.58. The number of nitrogens with zero attached hydrogens (tertiary/aromatic N) is 1. The molecule has 0 radical (unpaired) electrons. The van der Waals surface area contributed by atoms with E-state index in [0.717, 1.165) is 4.90 Å². The van der Waals surface area contributed by atoms with Gasteiger partial charge in [-0.3, -0.25) is 14.5 Å². The number of carbonyl (C=O) groups excluding carboxylic acids is 2. The number of nitrogens with one attached hydrogen (secondary N) is 1. The summed E-state index contributed by atoms with van der Waals surface area (Å²) < 4.78 is 0. The van der Waals surface area contributed by atoms with Crippen LogP contribution in [0.3, 0.4) is 0 Å². The second-order valence-electron chi connectivity index (χ2n) is 3.64. The summed E-state index contributed by atoms with van der Waals surface area (Å²) in [6.07, 6.45) is 0. The van der Waals surface area contributed by atoms with Crippen molar-refractivity contribution in [1.29, 1.82) is 0 Å². The lowest BCUT2D eigenvalue weighted by Crippen LogP contribution is -2.54. The average Bonchev–Trinajstić information content (AvgIpc) is 2.26. The molecule has 0 saturated heterocycles. The van der Waals surface area contributed by atoms with Crippen LogP contribution in [0.1, 0.15) is 6.92 Å². The van der Waals surface area contributed by atoms with Crippen LogP contribution in [0.2, 0.25) is 0 Å². The molecule has 0 spiro atoms. The van der Waals surface area contributed by atoms with E-state index >= 15 is 0 Å². The number of para-hydroxylation sites is 2. The normalized spacial score (nSPS) is 18.3. The SMILES string of the molecule is CC(=O)N1c2ccccc2NC(=O)C1C(=O)O. The van der Waals surface area contributed by atoms with Crippen LogP contribution in [0.4, 0.5) is 11.4 Å². The topological polar surface area (TPSA) is 86.7 Å². The van der Waals surface area contributed by atoms with E-state index in [1.807, 2.05) is 0 Å². The Morgan fingerprint density at radius 1 is 1.35 bits per heavy atom. The van der Waals surface area contributed by atoms with Gasteiger partial charge in [-0.05, 0) is 12.1 Å². The van der Waals surface area contributed by atoms with Gasteiger partial charge in [-0.2, -0.15) is 0 Å². The van der Waals surface area contributed by atoms with Crippen LogP contribution in [-0.4, -0.2) is 28.9 Å². The highest BCUT2D eigenvalue weighted by molar-refractivity contribution is 6.20. The molecule has 2 rings (SSSR count). The molecule has 1 atom stereocenters. The Labute approximate surface area is 96.8 Å². The molecule has 1 aliphatic rings. The zero-order valence-electron chi connectivity index (χ0n) is 9.01. The molecular formula is C11H10N2O4. The van der Waals surface area contributed by atoms with Crippen molar-refractivity contribution < 1.29 is 19.5 Å². The number of anilines is 2. The Morgan fingerprint density at radius 2 is 2.00 bits per heavy atom. The first-order valence-electron chi connectivity index (χ1n) is 4.95. The van der Waals surface area contributed by atoms with Gasteiger partial charge in [0.1, 0.15) is 0 Å². The summed E-state index contributed by atoms with van der Waals surface area (Å²) in [5, 5.41) is 11.5. The van der Waals surface area contributed by atoms with Crippen molar-refractivity contribution in [1.82, 2.24) is 0 Å². The highest BCUT2D eigenvalue weighted by Gasteiger charge is 2.40. The molecule has 0 saturated carbocycles. The first kappa shape index (κ1) is 11.1. The quantitative estimate of drug-likeness (QED) is 0.690. The third kappa shape index (κ3) is 1.73. The van der Waals surface area contributed by atoms with E-state index in [1.165, 1.54) is 6.92 Å². The molecule has 1 heterocycles. The van der Waals surface area contributed by atoms with Crippen LogP contribution in [0.25, 0.3) is 0 Å². The Bertz CT molecular complexity index is 512. The Morgan fingerprint density at radius 3 is 2.59 bits per heavy atom. The second-order valence-corrected chi connectivity index (χ2v) is 3.64. The maximum Gasteiger partial charge on any atom is 0.336 e. The Hall–Kier alpha value is -2.37. The number of carboxylic acid groups (broad SMARTS) is 1. The van der Waals surface area contributed by atoms with Crippen molar-refractivity contribution in [3.63, 3.8) is 0 Å². The van der Waals surface area contributed by atoms with Gasteiger partial charge < -0.3 is 10.4 Å². The first-order chi connectivity index (χ1) is 8.02. The number of carboxylic acids is 1. The third-order valence-electron chi connectivity index (χ3n) is 2.50. The lowest BCUT2D eigenvalue weighted by molar-refractivity contribution is -0.143. The predicted octanol–water partition coefficient (Wildman–Crippen LogP) is 0.445. The molecule has 6 nitrogen and oxygen atoms in total. The van der Waals surface area contributed by atoms with Gasteiger partial charge in [0.25, 0.3) is 5.91 Å². The predicted molar refractivity (Wildman–Crippen MR) is 59.7 cm³/mol. The lowest BCUT2D eigenvalue weighted by atomic mass is 10.1. The molecular weight excluding hydrogens is 224 g/mol. The molecule has 6 heteroatoms. The average molecular weight is 234 g/mol. The minimum atomic E-state index is -1.51. The minimum Gasteiger partial charge on any atom is -0.479 e. The van der Waals surface area contributed by atoms with E-state index in [9.17, 15) is 14.4 Å². The summed E-state index contributed by atoms with van der Waals surface area (Å²) >= 11 is 0. The second kappa shape index (κ2) is 3.89. The summed E-state index contributed by atoms with van der Waals surface area (Å²) in [6.45, 7) is 1.23. The van der Waals surface area contributed by atoms with Crippen LogP contribution >= 0.6 is 0 Å². The van der Waals surface area contributed by atoms with E-state index in [1.54, 1.807) is 24.3 Å². The van der Waals surface area contributed by atoms with Crippen LogP contribution in [0, 0.1) is 0 Å². The molecule has 1 aliphatic heterocycles. The molecule has 1 aromatic rings. The van der Waals surface area contributed by atoms with Gasteiger partial charge >= 0.3 is 5.97 Å². The zero-order chi connectivity index (χ0) is 12.6. The molecule has 2 amide bonds. The van der Waals surface area contributed by atoms with E-state index < -0.39 is 23.8 Å². The fourth-order valence-corrected chi connectivity index (χ4v) is 1.82. The van der Waals surface area contributed by atoms with Crippen molar-refractivity contribution in [2.45, 2.75) is 13.0 Å². The number of amides is 2. The molecule has 2 N–H and O–H groups in total. The molecule has 0 aliphatic carbocycles. The maximum atomic E-state index is 11.6. The summed E-state index contributed by atoms with van der Waals surface area (Å²) in [5.41, 5.74) is 0.831. The smallest absolute Gasteiger partial charge is 0.336 e. The van der Waals surface area contributed by atoms with E-state index in [0.29, 0.717) is 11.4 Å². The monoisotopic (exact) mass is 234 g/mol. The van der Waals surface area contributed by atoms with Crippen LogP contribution in [0.15, 0.2) is 24.3 Å². The first-order valence-corrected chi connectivity index (χ1v) is 4.95. The largest absolute Gasteiger partial charge is 0.479 e. The lowest BCUT2D eigenvalue weighted by Gasteiger charge is -2.33. The van der Waals surface area contributed by atoms with Gasteiger partial charge in [-0.25, -0.2) is 4.79 Å². The number of aliphatic carboxylic acids is 1. The van der Waals surface area contributed by atoms with Crippen LogP contribution in [-0.2, 0) is 14.4 Å². The number of rotatable bonds is 1. The minimum absolute atomic E-state index is 0.395. The van der Waals surface area contributed by atoms with E-state index in [-0.39, 0.29) is 0 Å².